The van der Waals surface area contributed by atoms with Gasteiger partial charge in [-0.25, -0.2) is 0 Å². The van der Waals surface area contributed by atoms with Crippen LogP contribution in [0, 0.1) is 3.57 Å². The minimum Gasteiger partial charge on any atom is -0.493 e. The Balaban J connectivity index is 0.00000264. The molecule has 130 valence electrons. The molecule has 0 aromatic heterocycles. The largest absolute Gasteiger partial charge is 0.493 e. The first kappa shape index (κ1) is 20.3. The Morgan fingerprint density at radius 2 is 2.13 bits per heavy atom. The minimum atomic E-state index is -0.114. The molecule has 1 aromatic rings. The highest BCUT2D eigenvalue weighted by Gasteiger charge is 2.24. The maximum absolute atomic E-state index is 12.5. The van der Waals surface area contributed by atoms with Crippen LogP contribution in [-0.2, 0) is 0 Å². The summed E-state index contributed by atoms with van der Waals surface area (Å²) in [5.74, 6) is 0.950. The molecule has 1 aromatic carbocycles. The molecule has 7 heteroatoms. The molecule has 1 fully saturated rings. The zero-order valence-electron chi connectivity index (χ0n) is 13.7. The second-order valence-corrected chi connectivity index (χ2v) is 6.57. The van der Waals surface area contributed by atoms with Crippen LogP contribution in [-0.4, -0.2) is 50.7 Å². The lowest BCUT2D eigenvalue weighted by Crippen LogP contribution is -2.40. The van der Waals surface area contributed by atoms with E-state index < -0.39 is 0 Å². The lowest BCUT2D eigenvalue weighted by atomic mass is 10.1. The first-order valence-electron chi connectivity index (χ1n) is 7.54. The SMILES string of the molecule is CCN1CCC[C@H]1CNC(=O)c1cc(I)cc(OC)c1OC.Cl. The highest BCUT2D eigenvalue weighted by Crippen LogP contribution is 2.33. The summed E-state index contributed by atoms with van der Waals surface area (Å²) < 4.78 is 11.6. The Morgan fingerprint density at radius 3 is 2.74 bits per heavy atom. The highest BCUT2D eigenvalue weighted by molar-refractivity contribution is 14.1. The molecule has 1 aliphatic rings. The van der Waals surface area contributed by atoms with Crippen molar-refractivity contribution in [2.24, 2.45) is 0 Å². The van der Waals surface area contributed by atoms with E-state index >= 15 is 0 Å². The van der Waals surface area contributed by atoms with Crippen molar-refractivity contribution in [2.45, 2.75) is 25.8 Å². The fraction of sp³-hybridized carbons (Fsp3) is 0.562. The van der Waals surface area contributed by atoms with E-state index in [1.54, 1.807) is 14.2 Å². The van der Waals surface area contributed by atoms with Gasteiger partial charge in [0.05, 0.1) is 19.8 Å². The number of carbonyl (C=O) groups is 1. The molecular weight excluding hydrogens is 431 g/mol. The van der Waals surface area contributed by atoms with Gasteiger partial charge in [0.15, 0.2) is 11.5 Å². The molecule has 0 saturated carbocycles. The third-order valence-electron chi connectivity index (χ3n) is 4.09. The zero-order chi connectivity index (χ0) is 16.1. The second-order valence-electron chi connectivity index (χ2n) is 5.32. The minimum absolute atomic E-state index is 0. The number of likely N-dealkylation sites (N-methyl/N-ethyl adjacent to an activating group) is 1. The summed E-state index contributed by atoms with van der Waals surface area (Å²) in [6.45, 7) is 4.98. The van der Waals surface area contributed by atoms with E-state index in [9.17, 15) is 4.79 Å². The number of hydrogen-bond acceptors (Lipinski definition) is 4. The van der Waals surface area contributed by atoms with Gasteiger partial charge in [-0.3, -0.25) is 9.69 Å². The van der Waals surface area contributed by atoms with Crippen molar-refractivity contribution in [3.8, 4) is 11.5 Å². The van der Waals surface area contributed by atoms with Crippen LogP contribution in [0.2, 0.25) is 0 Å². The number of methoxy groups -OCH3 is 2. The molecule has 2 rings (SSSR count). The number of benzene rings is 1. The summed E-state index contributed by atoms with van der Waals surface area (Å²) in [6.07, 6.45) is 2.34. The fourth-order valence-corrected chi connectivity index (χ4v) is 3.54. The molecule has 0 aliphatic carbocycles. The zero-order valence-corrected chi connectivity index (χ0v) is 16.7. The number of ether oxygens (including phenoxy) is 2. The van der Waals surface area contributed by atoms with Gasteiger partial charge in [-0.15, -0.1) is 12.4 Å². The average molecular weight is 455 g/mol. The Labute approximate surface area is 157 Å². The van der Waals surface area contributed by atoms with Crippen molar-refractivity contribution in [3.05, 3.63) is 21.3 Å². The van der Waals surface area contributed by atoms with Gasteiger partial charge in [-0.05, 0) is 60.7 Å². The number of nitrogens with zero attached hydrogens (tertiary/aromatic N) is 1. The van der Waals surface area contributed by atoms with E-state index in [0.717, 1.165) is 23.1 Å². The number of nitrogens with one attached hydrogen (secondary N) is 1. The molecule has 1 saturated heterocycles. The van der Waals surface area contributed by atoms with Crippen molar-refractivity contribution in [1.29, 1.82) is 0 Å². The van der Waals surface area contributed by atoms with Gasteiger partial charge in [0.2, 0.25) is 0 Å². The van der Waals surface area contributed by atoms with E-state index in [0.29, 0.717) is 29.6 Å². The van der Waals surface area contributed by atoms with Gasteiger partial charge >= 0.3 is 0 Å². The van der Waals surface area contributed by atoms with Crippen LogP contribution in [0.5, 0.6) is 11.5 Å². The monoisotopic (exact) mass is 454 g/mol. The van der Waals surface area contributed by atoms with Crippen molar-refractivity contribution in [2.75, 3.05) is 33.9 Å². The molecule has 1 atom stereocenters. The maximum Gasteiger partial charge on any atom is 0.255 e. The smallest absolute Gasteiger partial charge is 0.255 e. The second kappa shape index (κ2) is 9.54. The topological polar surface area (TPSA) is 50.8 Å². The summed E-state index contributed by atoms with van der Waals surface area (Å²) in [7, 11) is 3.13. The third kappa shape index (κ3) is 4.87. The normalized spacial score (nSPS) is 17.5. The quantitative estimate of drug-likeness (QED) is 0.672. The summed E-state index contributed by atoms with van der Waals surface area (Å²) in [4.78, 5) is 14.9. The fourth-order valence-electron chi connectivity index (χ4n) is 2.95. The highest BCUT2D eigenvalue weighted by atomic mass is 127. The molecule has 1 N–H and O–H groups in total. The number of amides is 1. The Morgan fingerprint density at radius 1 is 1.39 bits per heavy atom. The molecule has 1 heterocycles. The summed E-state index contributed by atoms with van der Waals surface area (Å²) in [6, 6.07) is 4.11. The third-order valence-corrected chi connectivity index (χ3v) is 4.71. The molecule has 23 heavy (non-hydrogen) atoms. The number of likely N-dealkylation sites (tertiary alicyclic amines) is 1. The maximum atomic E-state index is 12.5. The molecule has 1 aliphatic heterocycles. The van der Waals surface area contributed by atoms with Crippen LogP contribution in [0.25, 0.3) is 0 Å². The van der Waals surface area contributed by atoms with Gasteiger partial charge in [-0.2, -0.15) is 0 Å². The van der Waals surface area contributed by atoms with E-state index in [2.05, 4.69) is 39.7 Å². The average Bonchev–Trinajstić information content (AvgIpc) is 2.99. The van der Waals surface area contributed by atoms with Crippen molar-refractivity contribution in [3.63, 3.8) is 0 Å². The molecule has 1 amide bonds. The lowest BCUT2D eigenvalue weighted by molar-refractivity contribution is 0.0937. The van der Waals surface area contributed by atoms with Crippen LogP contribution < -0.4 is 14.8 Å². The number of rotatable bonds is 6. The summed E-state index contributed by atoms with van der Waals surface area (Å²) in [5.41, 5.74) is 0.521. The van der Waals surface area contributed by atoms with E-state index in [4.69, 9.17) is 9.47 Å². The number of hydrogen-bond donors (Lipinski definition) is 1. The first-order valence-corrected chi connectivity index (χ1v) is 8.62. The van der Waals surface area contributed by atoms with E-state index in [1.807, 2.05) is 12.1 Å². The van der Waals surface area contributed by atoms with Gasteiger partial charge in [0.1, 0.15) is 0 Å². The Kier molecular flexibility index (Phi) is 8.42. The molecule has 0 radical (unpaired) electrons. The summed E-state index contributed by atoms with van der Waals surface area (Å²) in [5, 5.41) is 3.04. The van der Waals surface area contributed by atoms with Gasteiger partial charge in [0.25, 0.3) is 5.91 Å². The Hall–Kier alpha value is -0.730. The standard InChI is InChI=1S/C16H23IN2O3.ClH/c1-4-19-7-5-6-12(19)10-18-16(20)13-8-11(17)9-14(21-2)15(13)22-3;/h8-9,12H,4-7,10H2,1-3H3,(H,18,20);1H/t12-;/m0./s1. The first-order chi connectivity index (χ1) is 10.6. The van der Waals surface area contributed by atoms with Gasteiger partial charge < -0.3 is 14.8 Å². The van der Waals surface area contributed by atoms with E-state index in [1.165, 1.54) is 6.42 Å². The molecule has 0 bridgehead atoms. The van der Waals surface area contributed by atoms with Gasteiger partial charge in [0, 0.05) is 16.2 Å². The number of halogens is 2. The van der Waals surface area contributed by atoms with Crippen molar-refractivity contribution < 1.29 is 14.3 Å². The lowest BCUT2D eigenvalue weighted by Gasteiger charge is -2.23. The van der Waals surface area contributed by atoms with Crippen LogP contribution >= 0.6 is 35.0 Å². The predicted octanol–water partition coefficient (Wildman–Crippen LogP) is 2.94. The molecule has 0 unspecified atom stereocenters. The molecule has 0 spiro atoms. The van der Waals surface area contributed by atoms with Crippen molar-refractivity contribution >= 4 is 40.9 Å². The van der Waals surface area contributed by atoms with Crippen LogP contribution in [0.15, 0.2) is 12.1 Å². The molecular formula is C16H24ClIN2O3. The van der Waals surface area contributed by atoms with Crippen LogP contribution in [0.3, 0.4) is 0 Å². The Bertz CT molecular complexity index is 542. The van der Waals surface area contributed by atoms with Crippen LogP contribution in [0.4, 0.5) is 0 Å². The summed E-state index contributed by atoms with van der Waals surface area (Å²) >= 11 is 2.17. The van der Waals surface area contributed by atoms with E-state index in [-0.39, 0.29) is 18.3 Å². The predicted molar refractivity (Wildman–Crippen MR) is 102 cm³/mol. The number of carbonyl (C=O) groups excluding carboxylic acids is 1. The molecule has 5 nitrogen and oxygen atoms in total. The van der Waals surface area contributed by atoms with Crippen molar-refractivity contribution in [1.82, 2.24) is 10.2 Å². The van der Waals surface area contributed by atoms with Gasteiger partial charge in [-0.1, -0.05) is 6.92 Å². The van der Waals surface area contributed by atoms with Crippen LogP contribution in [0.1, 0.15) is 30.1 Å².